The highest BCUT2D eigenvalue weighted by molar-refractivity contribution is 5.70. The topological polar surface area (TPSA) is 94.8 Å². The summed E-state index contributed by atoms with van der Waals surface area (Å²) in [5.74, 6) is 0.755. The second kappa shape index (κ2) is 7.91. The van der Waals surface area contributed by atoms with Crippen LogP contribution in [-0.4, -0.2) is 25.8 Å². The lowest BCUT2D eigenvalue weighted by Gasteiger charge is -2.11. The smallest absolute Gasteiger partial charge is 0.332 e. The van der Waals surface area contributed by atoms with Gasteiger partial charge in [-0.3, -0.25) is 13.9 Å². The summed E-state index contributed by atoms with van der Waals surface area (Å²) in [7, 11) is 1.61. The molecule has 0 unspecified atom stereocenters. The van der Waals surface area contributed by atoms with Crippen molar-refractivity contribution in [3.63, 3.8) is 0 Å². The molecule has 1 aromatic carbocycles. The maximum Gasteiger partial charge on any atom is 0.332 e. The predicted octanol–water partition coefficient (Wildman–Crippen LogP) is 1.74. The van der Waals surface area contributed by atoms with Gasteiger partial charge in [0.15, 0.2) is 11.2 Å². The SMILES string of the molecule is CCCn1c(=O)n(CCC#N)c(=O)c2c1ncn2Cc1ccc(OC)cc1. The van der Waals surface area contributed by atoms with Crippen LogP contribution in [0, 0.1) is 11.3 Å². The van der Waals surface area contributed by atoms with Crippen LogP contribution in [0.1, 0.15) is 25.3 Å². The van der Waals surface area contributed by atoms with Gasteiger partial charge in [-0.05, 0) is 24.1 Å². The van der Waals surface area contributed by atoms with Gasteiger partial charge in [-0.25, -0.2) is 9.78 Å². The van der Waals surface area contributed by atoms with Crippen LogP contribution >= 0.6 is 0 Å². The highest BCUT2D eigenvalue weighted by Gasteiger charge is 2.17. The Kier molecular flexibility index (Phi) is 5.41. The number of rotatable bonds is 7. The number of methoxy groups -OCH3 is 1. The monoisotopic (exact) mass is 367 g/mol. The van der Waals surface area contributed by atoms with Gasteiger partial charge in [0.25, 0.3) is 5.56 Å². The first-order chi connectivity index (χ1) is 13.1. The molecule has 0 radical (unpaired) electrons. The van der Waals surface area contributed by atoms with E-state index in [2.05, 4.69) is 4.98 Å². The Morgan fingerprint density at radius 1 is 1.15 bits per heavy atom. The summed E-state index contributed by atoms with van der Waals surface area (Å²) in [4.78, 5) is 30.0. The van der Waals surface area contributed by atoms with Crippen molar-refractivity contribution >= 4 is 11.2 Å². The van der Waals surface area contributed by atoms with E-state index in [9.17, 15) is 9.59 Å². The van der Waals surface area contributed by atoms with Gasteiger partial charge >= 0.3 is 5.69 Å². The summed E-state index contributed by atoms with van der Waals surface area (Å²) in [5, 5.41) is 8.85. The van der Waals surface area contributed by atoms with E-state index in [0.717, 1.165) is 22.3 Å². The number of nitrogens with zero attached hydrogens (tertiary/aromatic N) is 5. The van der Waals surface area contributed by atoms with Gasteiger partial charge in [0.2, 0.25) is 0 Å². The van der Waals surface area contributed by atoms with E-state index < -0.39 is 11.2 Å². The molecule has 0 fully saturated rings. The Hall–Kier alpha value is -3.34. The number of fused-ring (bicyclic) bond motifs is 1. The van der Waals surface area contributed by atoms with E-state index in [1.165, 1.54) is 4.57 Å². The minimum Gasteiger partial charge on any atom is -0.497 e. The molecule has 0 saturated carbocycles. The maximum atomic E-state index is 12.9. The number of benzene rings is 1. The van der Waals surface area contributed by atoms with Crippen molar-refractivity contribution in [3.05, 3.63) is 57.0 Å². The first kappa shape index (κ1) is 18.5. The van der Waals surface area contributed by atoms with Crippen molar-refractivity contribution in [2.45, 2.75) is 39.4 Å². The van der Waals surface area contributed by atoms with Crippen LogP contribution in [0.4, 0.5) is 0 Å². The zero-order valence-electron chi connectivity index (χ0n) is 15.4. The zero-order valence-corrected chi connectivity index (χ0v) is 15.4. The fraction of sp³-hybridized carbons (Fsp3) is 0.368. The molecule has 0 spiro atoms. The van der Waals surface area contributed by atoms with Crippen molar-refractivity contribution in [1.82, 2.24) is 18.7 Å². The summed E-state index contributed by atoms with van der Waals surface area (Å²) in [6.45, 7) is 2.93. The van der Waals surface area contributed by atoms with Crippen LogP contribution in [0.5, 0.6) is 5.75 Å². The molecule has 0 aliphatic heterocycles. The number of ether oxygens (including phenoxy) is 1. The zero-order chi connectivity index (χ0) is 19.4. The van der Waals surface area contributed by atoms with Gasteiger partial charge in [-0.1, -0.05) is 19.1 Å². The second-order valence-electron chi connectivity index (χ2n) is 6.19. The molecule has 0 N–H and O–H groups in total. The lowest BCUT2D eigenvalue weighted by molar-refractivity contribution is 0.414. The molecule has 27 heavy (non-hydrogen) atoms. The summed E-state index contributed by atoms with van der Waals surface area (Å²) >= 11 is 0. The van der Waals surface area contributed by atoms with Gasteiger partial charge in [-0.2, -0.15) is 5.26 Å². The number of nitriles is 1. The van der Waals surface area contributed by atoms with Crippen LogP contribution in [0.25, 0.3) is 11.2 Å². The van der Waals surface area contributed by atoms with E-state index in [1.807, 2.05) is 37.3 Å². The van der Waals surface area contributed by atoms with Gasteiger partial charge < -0.3 is 9.30 Å². The predicted molar refractivity (Wildman–Crippen MR) is 101 cm³/mol. The summed E-state index contributed by atoms with van der Waals surface area (Å²) in [6.07, 6.45) is 2.41. The lowest BCUT2D eigenvalue weighted by Crippen LogP contribution is -2.40. The largest absolute Gasteiger partial charge is 0.497 e. The number of imidazole rings is 1. The number of aryl methyl sites for hydroxylation is 1. The van der Waals surface area contributed by atoms with Crippen LogP contribution in [-0.2, 0) is 19.6 Å². The second-order valence-corrected chi connectivity index (χ2v) is 6.19. The molecular formula is C19H21N5O3. The van der Waals surface area contributed by atoms with Gasteiger partial charge in [0.05, 0.1) is 25.9 Å². The molecule has 0 bridgehead atoms. The molecule has 3 aromatic rings. The third-order valence-electron chi connectivity index (χ3n) is 4.39. The minimum absolute atomic E-state index is 0.0710. The fourth-order valence-corrected chi connectivity index (χ4v) is 3.07. The summed E-state index contributed by atoms with van der Waals surface area (Å²) < 4.78 is 9.55. The molecule has 0 aliphatic rings. The molecule has 0 saturated heterocycles. The van der Waals surface area contributed by atoms with Crippen LogP contribution in [0.3, 0.4) is 0 Å². The normalized spacial score (nSPS) is 10.9. The molecule has 8 heteroatoms. The average Bonchev–Trinajstić information content (AvgIpc) is 3.09. The Morgan fingerprint density at radius 2 is 1.89 bits per heavy atom. The van der Waals surface area contributed by atoms with Crippen LogP contribution < -0.4 is 16.0 Å². The Bertz CT molecular complexity index is 1100. The molecule has 0 amide bonds. The quantitative estimate of drug-likeness (QED) is 0.634. The van der Waals surface area contributed by atoms with Gasteiger partial charge in [-0.15, -0.1) is 0 Å². The molecule has 140 valence electrons. The van der Waals surface area contributed by atoms with Crippen molar-refractivity contribution in [2.75, 3.05) is 7.11 Å². The van der Waals surface area contributed by atoms with E-state index in [1.54, 1.807) is 18.0 Å². The Morgan fingerprint density at radius 3 is 2.52 bits per heavy atom. The number of hydrogen-bond acceptors (Lipinski definition) is 5. The Labute approximate surface area is 155 Å². The van der Waals surface area contributed by atoms with Crippen molar-refractivity contribution in [2.24, 2.45) is 0 Å². The third kappa shape index (κ3) is 3.49. The Balaban J connectivity index is 2.14. The lowest BCUT2D eigenvalue weighted by atomic mass is 10.2. The summed E-state index contributed by atoms with van der Waals surface area (Å²) in [6, 6.07) is 9.53. The molecule has 8 nitrogen and oxygen atoms in total. The number of aromatic nitrogens is 4. The summed E-state index contributed by atoms with van der Waals surface area (Å²) in [5.41, 5.74) is 0.902. The van der Waals surface area contributed by atoms with E-state index in [0.29, 0.717) is 24.3 Å². The van der Waals surface area contributed by atoms with Crippen molar-refractivity contribution < 1.29 is 4.74 Å². The molecular weight excluding hydrogens is 346 g/mol. The average molecular weight is 367 g/mol. The molecule has 0 aliphatic carbocycles. The highest BCUT2D eigenvalue weighted by Crippen LogP contribution is 2.14. The molecule has 2 heterocycles. The van der Waals surface area contributed by atoms with Crippen molar-refractivity contribution in [3.8, 4) is 11.8 Å². The van der Waals surface area contributed by atoms with E-state index >= 15 is 0 Å². The van der Waals surface area contributed by atoms with Crippen LogP contribution in [0.15, 0.2) is 40.2 Å². The van der Waals surface area contributed by atoms with Crippen molar-refractivity contribution in [1.29, 1.82) is 5.26 Å². The number of hydrogen-bond donors (Lipinski definition) is 0. The maximum absolute atomic E-state index is 12.9. The van der Waals surface area contributed by atoms with Gasteiger partial charge in [0, 0.05) is 19.6 Å². The van der Waals surface area contributed by atoms with E-state index in [4.69, 9.17) is 10.00 Å². The molecule has 3 rings (SSSR count). The first-order valence-corrected chi connectivity index (χ1v) is 8.79. The minimum atomic E-state index is -0.417. The van der Waals surface area contributed by atoms with Crippen LogP contribution in [0.2, 0.25) is 0 Å². The third-order valence-corrected chi connectivity index (χ3v) is 4.39. The first-order valence-electron chi connectivity index (χ1n) is 8.79. The van der Waals surface area contributed by atoms with E-state index in [-0.39, 0.29) is 13.0 Å². The molecule has 2 aromatic heterocycles. The fourth-order valence-electron chi connectivity index (χ4n) is 3.07. The molecule has 0 atom stereocenters. The van der Waals surface area contributed by atoms with Gasteiger partial charge in [0.1, 0.15) is 5.75 Å². The standard InChI is InChI=1S/C19H21N5O3/c1-3-10-23-17-16(18(25)24(19(23)26)11-4-9-20)22(13-21-17)12-14-5-7-15(27-2)8-6-14/h5-8,13H,3-4,10-12H2,1-2H3. The highest BCUT2D eigenvalue weighted by atomic mass is 16.5.